The van der Waals surface area contributed by atoms with Crippen molar-refractivity contribution in [2.75, 3.05) is 7.11 Å². The maximum absolute atomic E-state index is 12.4. The van der Waals surface area contributed by atoms with Crippen LogP contribution in [0, 0.1) is 13.8 Å². The third-order valence-corrected chi connectivity index (χ3v) is 3.57. The number of rotatable bonds is 4. The van der Waals surface area contributed by atoms with Gasteiger partial charge in [0.05, 0.1) is 12.7 Å². The van der Waals surface area contributed by atoms with Crippen molar-refractivity contribution in [2.45, 2.75) is 13.8 Å². The first-order valence-corrected chi connectivity index (χ1v) is 6.96. The van der Waals surface area contributed by atoms with Crippen LogP contribution in [0.3, 0.4) is 0 Å². The van der Waals surface area contributed by atoms with E-state index in [0.717, 1.165) is 0 Å². The number of phenolic OH excluding ortho intramolecular Hbond substituents is 3. The van der Waals surface area contributed by atoms with E-state index in [9.17, 15) is 20.1 Å². The molecule has 0 saturated carbocycles. The molecule has 0 atom stereocenters. The van der Waals surface area contributed by atoms with Gasteiger partial charge in [-0.25, -0.2) is 0 Å². The molecule has 0 amide bonds. The van der Waals surface area contributed by atoms with Crippen molar-refractivity contribution in [2.24, 2.45) is 0 Å². The predicted octanol–water partition coefficient (Wildman–Crippen LogP) is 3.32. The van der Waals surface area contributed by atoms with Crippen LogP contribution < -0.4 is 4.74 Å². The molecule has 0 aliphatic carbocycles. The summed E-state index contributed by atoms with van der Waals surface area (Å²) in [4.78, 5) is 12.4. The Morgan fingerprint density at radius 3 is 2.43 bits per heavy atom. The van der Waals surface area contributed by atoms with Crippen LogP contribution in [0.4, 0.5) is 0 Å². The molecule has 0 saturated heterocycles. The fourth-order valence-corrected chi connectivity index (χ4v) is 2.33. The maximum atomic E-state index is 12.4. The van der Waals surface area contributed by atoms with E-state index in [1.807, 2.05) is 0 Å². The quantitative estimate of drug-likeness (QED) is 0.595. The van der Waals surface area contributed by atoms with Gasteiger partial charge in [-0.3, -0.25) is 4.79 Å². The van der Waals surface area contributed by atoms with Crippen molar-refractivity contribution < 1.29 is 24.9 Å². The summed E-state index contributed by atoms with van der Waals surface area (Å²) in [7, 11) is 1.43. The van der Waals surface area contributed by atoms with Gasteiger partial charge in [0.25, 0.3) is 0 Å². The summed E-state index contributed by atoms with van der Waals surface area (Å²) in [5.74, 6) is -0.0896. The second-order valence-electron chi connectivity index (χ2n) is 5.19. The molecule has 0 aliphatic rings. The number of methoxy groups -OCH3 is 1. The fraction of sp³-hybridized carbons (Fsp3) is 0.167. The molecule has 5 nitrogen and oxygen atoms in total. The van der Waals surface area contributed by atoms with E-state index in [1.54, 1.807) is 19.9 Å². The van der Waals surface area contributed by atoms with Crippen molar-refractivity contribution in [3.05, 3.63) is 52.6 Å². The molecule has 0 fully saturated rings. The summed E-state index contributed by atoms with van der Waals surface area (Å²) in [5.41, 5.74) is 1.81. The molecular weight excluding hydrogens is 296 g/mol. The highest BCUT2D eigenvalue weighted by atomic mass is 16.5. The second kappa shape index (κ2) is 6.44. The summed E-state index contributed by atoms with van der Waals surface area (Å²) in [6.07, 6.45) is 2.76. The molecule has 0 radical (unpaired) electrons. The summed E-state index contributed by atoms with van der Waals surface area (Å²) in [5, 5.41) is 28.9. The van der Waals surface area contributed by atoms with Crippen LogP contribution in [0.5, 0.6) is 23.0 Å². The Morgan fingerprint density at radius 1 is 1.13 bits per heavy atom. The number of carbonyl (C=O) groups excluding carboxylic acids is 1. The molecule has 5 heteroatoms. The smallest absolute Gasteiger partial charge is 0.189 e. The Kier molecular flexibility index (Phi) is 4.60. The minimum atomic E-state index is -0.319. The van der Waals surface area contributed by atoms with Crippen molar-refractivity contribution in [3.8, 4) is 23.0 Å². The molecule has 120 valence electrons. The molecule has 2 rings (SSSR count). The van der Waals surface area contributed by atoms with Crippen molar-refractivity contribution in [1.29, 1.82) is 0 Å². The normalized spacial score (nSPS) is 10.9. The number of phenols is 3. The molecule has 0 unspecified atom stereocenters. The average Bonchev–Trinajstić information content (AvgIpc) is 2.51. The van der Waals surface area contributed by atoms with Crippen LogP contribution in [0.2, 0.25) is 0 Å². The molecule has 0 aliphatic heterocycles. The van der Waals surface area contributed by atoms with Crippen LogP contribution >= 0.6 is 0 Å². The van der Waals surface area contributed by atoms with Gasteiger partial charge in [-0.15, -0.1) is 0 Å². The first kappa shape index (κ1) is 16.4. The lowest BCUT2D eigenvalue weighted by molar-refractivity contribution is 0.104. The van der Waals surface area contributed by atoms with Gasteiger partial charge in [-0.1, -0.05) is 0 Å². The number of aryl methyl sites for hydroxylation is 1. The highest BCUT2D eigenvalue weighted by molar-refractivity contribution is 6.09. The van der Waals surface area contributed by atoms with Crippen LogP contribution in [0.25, 0.3) is 6.08 Å². The van der Waals surface area contributed by atoms with Gasteiger partial charge in [0.2, 0.25) is 0 Å². The number of ether oxygens (including phenoxy) is 1. The molecule has 0 aromatic heterocycles. The summed E-state index contributed by atoms with van der Waals surface area (Å²) >= 11 is 0. The van der Waals surface area contributed by atoms with E-state index in [2.05, 4.69) is 0 Å². The molecule has 2 aromatic carbocycles. The third kappa shape index (κ3) is 3.29. The van der Waals surface area contributed by atoms with Gasteiger partial charge in [0.1, 0.15) is 23.0 Å². The summed E-state index contributed by atoms with van der Waals surface area (Å²) < 4.78 is 5.23. The molecule has 0 spiro atoms. The lowest BCUT2D eigenvalue weighted by Gasteiger charge is -2.13. The number of benzene rings is 2. The van der Waals surface area contributed by atoms with E-state index >= 15 is 0 Å². The van der Waals surface area contributed by atoms with Crippen LogP contribution in [0.1, 0.15) is 27.0 Å². The lowest BCUT2D eigenvalue weighted by Crippen LogP contribution is -2.02. The van der Waals surface area contributed by atoms with E-state index in [0.29, 0.717) is 28.0 Å². The van der Waals surface area contributed by atoms with Gasteiger partial charge >= 0.3 is 0 Å². The largest absolute Gasteiger partial charge is 0.508 e. The van der Waals surface area contributed by atoms with Crippen LogP contribution in [0.15, 0.2) is 30.3 Å². The monoisotopic (exact) mass is 314 g/mol. The topological polar surface area (TPSA) is 87.0 Å². The van der Waals surface area contributed by atoms with Gasteiger partial charge in [0.15, 0.2) is 5.78 Å². The number of ketones is 1. The standard InChI is InChI=1S/C18H18O5/c1-10-8-14(18(23-3)11(2)17(10)22)15(20)7-5-12-4-6-13(19)9-16(12)21/h4-9,19,21-22H,1-3H3. The minimum Gasteiger partial charge on any atom is -0.508 e. The van der Waals surface area contributed by atoms with Crippen LogP contribution in [-0.2, 0) is 0 Å². The van der Waals surface area contributed by atoms with Gasteiger partial charge in [-0.05, 0) is 49.8 Å². The zero-order valence-corrected chi connectivity index (χ0v) is 13.1. The third-order valence-electron chi connectivity index (χ3n) is 3.57. The predicted molar refractivity (Wildman–Crippen MR) is 87.3 cm³/mol. The van der Waals surface area contributed by atoms with Crippen molar-refractivity contribution >= 4 is 11.9 Å². The number of hydrogen-bond donors (Lipinski definition) is 3. The van der Waals surface area contributed by atoms with E-state index in [4.69, 9.17) is 4.74 Å². The van der Waals surface area contributed by atoms with E-state index < -0.39 is 0 Å². The Balaban J connectivity index is 2.39. The first-order chi connectivity index (χ1) is 10.8. The molecule has 2 aromatic rings. The highest BCUT2D eigenvalue weighted by Gasteiger charge is 2.17. The fourth-order valence-electron chi connectivity index (χ4n) is 2.33. The summed E-state index contributed by atoms with van der Waals surface area (Å²) in [6, 6.07) is 5.67. The second-order valence-corrected chi connectivity index (χ2v) is 5.19. The Bertz CT molecular complexity index is 790. The number of aromatic hydroxyl groups is 3. The molecule has 0 bridgehead atoms. The van der Waals surface area contributed by atoms with Crippen LogP contribution in [-0.4, -0.2) is 28.2 Å². The van der Waals surface area contributed by atoms with Gasteiger partial charge in [-0.2, -0.15) is 0 Å². The first-order valence-electron chi connectivity index (χ1n) is 6.96. The molecule has 23 heavy (non-hydrogen) atoms. The van der Waals surface area contributed by atoms with Gasteiger partial charge < -0.3 is 20.1 Å². The Labute approximate surface area is 134 Å². The number of hydrogen-bond acceptors (Lipinski definition) is 5. The van der Waals surface area contributed by atoms with E-state index in [-0.39, 0.29) is 23.0 Å². The van der Waals surface area contributed by atoms with E-state index in [1.165, 1.54) is 37.5 Å². The highest BCUT2D eigenvalue weighted by Crippen LogP contribution is 2.34. The summed E-state index contributed by atoms with van der Waals surface area (Å²) in [6.45, 7) is 3.38. The molecular formula is C18H18O5. The Hall–Kier alpha value is -2.95. The van der Waals surface area contributed by atoms with Crippen molar-refractivity contribution in [3.63, 3.8) is 0 Å². The zero-order chi connectivity index (χ0) is 17.1. The SMILES string of the molecule is COc1c(C(=O)C=Cc2ccc(O)cc2O)cc(C)c(O)c1C. The zero-order valence-electron chi connectivity index (χ0n) is 13.1. The lowest BCUT2D eigenvalue weighted by atomic mass is 10.00. The molecule has 0 heterocycles. The maximum Gasteiger partial charge on any atom is 0.189 e. The average molecular weight is 314 g/mol. The number of allylic oxidation sites excluding steroid dienone is 1. The van der Waals surface area contributed by atoms with Crippen molar-refractivity contribution in [1.82, 2.24) is 0 Å². The Morgan fingerprint density at radius 2 is 1.83 bits per heavy atom. The number of carbonyl (C=O) groups is 1. The molecule has 3 N–H and O–H groups in total. The minimum absolute atomic E-state index is 0.0579. The van der Waals surface area contributed by atoms with Gasteiger partial charge in [0, 0.05) is 17.2 Å².